The molecular weight excluding hydrogens is 290 g/mol. The molecule has 0 saturated heterocycles. The molecule has 1 aliphatic rings. The Morgan fingerprint density at radius 3 is 2.52 bits per heavy atom. The Hall–Kier alpha value is -2.75. The van der Waals surface area contributed by atoms with Crippen LogP contribution in [-0.2, 0) is 6.54 Å². The fourth-order valence-corrected chi connectivity index (χ4v) is 2.85. The molecule has 0 fully saturated rings. The van der Waals surface area contributed by atoms with Crippen molar-refractivity contribution in [3.63, 3.8) is 0 Å². The Bertz CT molecular complexity index is 767. The molecule has 1 aliphatic heterocycles. The Balaban J connectivity index is 1.90. The molecule has 0 bridgehead atoms. The van der Waals surface area contributed by atoms with Crippen molar-refractivity contribution < 1.29 is 14.3 Å². The molecule has 0 N–H and O–H groups in total. The first-order valence-corrected chi connectivity index (χ1v) is 7.41. The number of ether oxygens (including phenoxy) is 2. The van der Waals surface area contributed by atoms with Gasteiger partial charge in [-0.05, 0) is 29.3 Å². The van der Waals surface area contributed by atoms with E-state index >= 15 is 0 Å². The van der Waals surface area contributed by atoms with Crippen LogP contribution in [0.2, 0.25) is 0 Å². The van der Waals surface area contributed by atoms with E-state index in [2.05, 4.69) is 6.58 Å². The summed E-state index contributed by atoms with van der Waals surface area (Å²) in [4.78, 5) is 14.5. The topological polar surface area (TPSA) is 38.8 Å². The third-order valence-electron chi connectivity index (χ3n) is 4.06. The summed E-state index contributed by atoms with van der Waals surface area (Å²) in [5.74, 6) is 1.46. The van der Waals surface area contributed by atoms with Crippen molar-refractivity contribution in [2.45, 2.75) is 6.54 Å². The van der Waals surface area contributed by atoms with Crippen LogP contribution in [0.15, 0.2) is 49.0 Å². The highest BCUT2D eigenvalue weighted by atomic mass is 16.5. The molecule has 0 unspecified atom stereocenters. The monoisotopic (exact) mass is 309 g/mol. The smallest absolute Gasteiger partial charge is 0.255 e. The molecule has 0 radical (unpaired) electrons. The van der Waals surface area contributed by atoms with Gasteiger partial charge in [-0.15, -0.1) is 0 Å². The number of benzene rings is 2. The summed E-state index contributed by atoms with van der Waals surface area (Å²) in [6, 6.07) is 13.2. The molecule has 0 aliphatic carbocycles. The van der Waals surface area contributed by atoms with Gasteiger partial charge in [-0.1, -0.05) is 24.8 Å². The third-order valence-corrected chi connectivity index (χ3v) is 4.06. The van der Waals surface area contributed by atoms with E-state index in [0.717, 1.165) is 22.4 Å². The second kappa shape index (κ2) is 6.16. The summed E-state index contributed by atoms with van der Waals surface area (Å²) in [6.45, 7) is 5.10. The summed E-state index contributed by atoms with van der Waals surface area (Å²) >= 11 is 0. The summed E-state index contributed by atoms with van der Waals surface area (Å²) < 4.78 is 10.6. The van der Waals surface area contributed by atoms with Gasteiger partial charge in [0.2, 0.25) is 0 Å². The molecule has 0 spiro atoms. The van der Waals surface area contributed by atoms with Crippen LogP contribution in [0, 0.1) is 0 Å². The van der Waals surface area contributed by atoms with E-state index < -0.39 is 0 Å². The zero-order valence-corrected chi connectivity index (χ0v) is 13.3. The van der Waals surface area contributed by atoms with E-state index in [0.29, 0.717) is 24.4 Å². The van der Waals surface area contributed by atoms with Crippen molar-refractivity contribution in [3.05, 3.63) is 65.7 Å². The first kappa shape index (κ1) is 15.2. The van der Waals surface area contributed by atoms with Crippen molar-refractivity contribution in [1.82, 2.24) is 4.90 Å². The van der Waals surface area contributed by atoms with Crippen molar-refractivity contribution in [2.24, 2.45) is 0 Å². The summed E-state index contributed by atoms with van der Waals surface area (Å²) in [6.07, 6.45) is 0. The zero-order valence-electron chi connectivity index (χ0n) is 13.3. The molecular formula is C19H19NO3. The second-order valence-corrected chi connectivity index (χ2v) is 5.49. The Labute approximate surface area is 135 Å². The number of hydrogen-bond acceptors (Lipinski definition) is 3. The van der Waals surface area contributed by atoms with Gasteiger partial charge >= 0.3 is 0 Å². The van der Waals surface area contributed by atoms with Crippen LogP contribution in [0.5, 0.6) is 11.5 Å². The number of hydrogen-bond donors (Lipinski definition) is 0. The van der Waals surface area contributed by atoms with Gasteiger partial charge in [-0.25, -0.2) is 0 Å². The highest BCUT2D eigenvalue weighted by molar-refractivity contribution is 6.02. The normalized spacial score (nSPS) is 13.7. The number of fused-ring (bicyclic) bond motifs is 1. The van der Waals surface area contributed by atoms with Crippen molar-refractivity contribution in [3.8, 4) is 11.5 Å². The lowest BCUT2D eigenvalue weighted by Gasteiger charge is -2.30. The lowest BCUT2D eigenvalue weighted by Crippen LogP contribution is -2.36. The molecule has 0 aromatic heterocycles. The van der Waals surface area contributed by atoms with Gasteiger partial charge in [0.05, 0.1) is 14.2 Å². The van der Waals surface area contributed by atoms with Crippen LogP contribution >= 0.6 is 0 Å². The molecule has 2 aromatic carbocycles. The molecule has 0 saturated carbocycles. The number of amides is 1. The van der Waals surface area contributed by atoms with Crippen molar-refractivity contribution in [1.29, 1.82) is 0 Å². The van der Waals surface area contributed by atoms with Gasteiger partial charge in [0.15, 0.2) is 0 Å². The van der Waals surface area contributed by atoms with Crippen molar-refractivity contribution >= 4 is 11.5 Å². The van der Waals surface area contributed by atoms with Gasteiger partial charge in [-0.2, -0.15) is 0 Å². The fraction of sp³-hybridized carbons (Fsp3) is 0.211. The number of methoxy groups -OCH3 is 2. The lowest BCUT2D eigenvalue weighted by molar-refractivity contribution is 0.0756. The highest BCUT2D eigenvalue weighted by Gasteiger charge is 2.26. The van der Waals surface area contributed by atoms with Gasteiger partial charge in [0.1, 0.15) is 11.5 Å². The van der Waals surface area contributed by atoms with E-state index in [4.69, 9.17) is 9.47 Å². The minimum absolute atomic E-state index is 0.0193. The van der Waals surface area contributed by atoms with Crippen molar-refractivity contribution in [2.75, 3.05) is 20.8 Å². The maximum atomic E-state index is 12.7. The van der Waals surface area contributed by atoms with Gasteiger partial charge in [0.25, 0.3) is 5.91 Å². The van der Waals surface area contributed by atoms with E-state index in [1.165, 1.54) is 0 Å². The van der Waals surface area contributed by atoms with Crippen LogP contribution in [0.25, 0.3) is 5.57 Å². The minimum atomic E-state index is 0.0193. The molecule has 4 nitrogen and oxygen atoms in total. The first-order chi connectivity index (χ1) is 11.1. The minimum Gasteiger partial charge on any atom is -0.497 e. The fourth-order valence-electron chi connectivity index (χ4n) is 2.85. The van der Waals surface area contributed by atoms with Gasteiger partial charge in [-0.3, -0.25) is 4.79 Å². The lowest BCUT2D eigenvalue weighted by atomic mass is 9.95. The van der Waals surface area contributed by atoms with Crippen LogP contribution in [0.1, 0.15) is 21.5 Å². The zero-order chi connectivity index (χ0) is 16.4. The van der Waals surface area contributed by atoms with E-state index in [1.54, 1.807) is 19.1 Å². The van der Waals surface area contributed by atoms with E-state index in [1.807, 2.05) is 42.5 Å². The summed E-state index contributed by atoms with van der Waals surface area (Å²) in [5, 5.41) is 0. The van der Waals surface area contributed by atoms with E-state index in [-0.39, 0.29) is 5.91 Å². The predicted octanol–water partition coefficient (Wildman–Crippen LogP) is 3.37. The van der Waals surface area contributed by atoms with Crippen LogP contribution in [0.4, 0.5) is 0 Å². The number of carbonyl (C=O) groups excluding carboxylic acids is 1. The molecule has 4 heteroatoms. The quantitative estimate of drug-likeness (QED) is 0.869. The first-order valence-electron chi connectivity index (χ1n) is 7.41. The maximum absolute atomic E-state index is 12.7. The molecule has 0 atom stereocenters. The van der Waals surface area contributed by atoms with Gasteiger partial charge in [0, 0.05) is 30.3 Å². The van der Waals surface area contributed by atoms with E-state index in [9.17, 15) is 4.79 Å². The predicted molar refractivity (Wildman–Crippen MR) is 89.8 cm³/mol. The average molecular weight is 309 g/mol. The number of rotatable bonds is 4. The Morgan fingerprint density at radius 2 is 1.83 bits per heavy atom. The standard InChI is InChI=1S/C19H19NO3/c1-13-11-20(19(21)17-7-5-4-6-16(13)17)12-14-8-9-15(22-2)10-18(14)23-3/h4-10H,1,11-12H2,2-3H3. The molecule has 23 heavy (non-hydrogen) atoms. The average Bonchev–Trinajstić information content (AvgIpc) is 2.59. The summed E-state index contributed by atoms with van der Waals surface area (Å²) in [5.41, 5.74) is 3.54. The second-order valence-electron chi connectivity index (χ2n) is 5.49. The molecule has 3 rings (SSSR count). The highest BCUT2D eigenvalue weighted by Crippen LogP contribution is 2.30. The van der Waals surface area contributed by atoms with Gasteiger partial charge < -0.3 is 14.4 Å². The summed E-state index contributed by atoms with van der Waals surface area (Å²) in [7, 11) is 3.23. The third kappa shape index (κ3) is 2.80. The number of carbonyl (C=O) groups is 1. The maximum Gasteiger partial charge on any atom is 0.255 e. The largest absolute Gasteiger partial charge is 0.497 e. The number of nitrogens with zero attached hydrogens (tertiary/aromatic N) is 1. The Kier molecular flexibility index (Phi) is 4.06. The Morgan fingerprint density at radius 1 is 1.09 bits per heavy atom. The SMILES string of the molecule is C=C1CN(Cc2ccc(OC)cc2OC)C(=O)c2ccccc21. The molecule has 1 amide bonds. The van der Waals surface area contributed by atoms with Crippen LogP contribution in [-0.4, -0.2) is 31.6 Å². The molecule has 1 heterocycles. The van der Waals surface area contributed by atoms with Crippen LogP contribution < -0.4 is 9.47 Å². The van der Waals surface area contributed by atoms with Crippen LogP contribution in [0.3, 0.4) is 0 Å². The molecule has 2 aromatic rings. The molecule has 118 valence electrons.